The highest BCUT2D eigenvalue weighted by atomic mass is 127. The number of hydrogen-bond acceptors (Lipinski definition) is 2. The van der Waals surface area contributed by atoms with Crippen LogP contribution in [-0.2, 0) is 4.79 Å². The number of carbonyl (C=O) groups is 1. The lowest BCUT2D eigenvalue weighted by atomic mass is 10.0. The SMILES string of the molecule is CNCCC(CCI)C(N)=O. The van der Waals surface area contributed by atoms with Crippen LogP contribution < -0.4 is 11.1 Å². The van der Waals surface area contributed by atoms with Crippen molar-refractivity contribution in [1.82, 2.24) is 5.32 Å². The van der Waals surface area contributed by atoms with E-state index in [0.29, 0.717) is 0 Å². The lowest BCUT2D eigenvalue weighted by Crippen LogP contribution is -2.26. The highest BCUT2D eigenvalue weighted by Gasteiger charge is 2.12. The predicted molar refractivity (Wildman–Crippen MR) is 54.7 cm³/mol. The van der Waals surface area contributed by atoms with E-state index in [2.05, 4.69) is 27.9 Å². The van der Waals surface area contributed by atoms with Crippen LogP contribution in [0.2, 0.25) is 0 Å². The summed E-state index contributed by atoms with van der Waals surface area (Å²) in [6.45, 7) is 0.865. The average molecular weight is 270 g/mol. The summed E-state index contributed by atoms with van der Waals surface area (Å²) in [6, 6.07) is 0. The minimum atomic E-state index is -0.170. The van der Waals surface area contributed by atoms with Crippen LogP contribution in [0.5, 0.6) is 0 Å². The van der Waals surface area contributed by atoms with Gasteiger partial charge in [0.1, 0.15) is 0 Å². The Morgan fingerprint density at radius 3 is 2.64 bits per heavy atom. The summed E-state index contributed by atoms with van der Waals surface area (Å²) in [5.41, 5.74) is 5.19. The van der Waals surface area contributed by atoms with Gasteiger partial charge in [-0.3, -0.25) is 4.79 Å². The van der Waals surface area contributed by atoms with Crippen LogP contribution >= 0.6 is 22.6 Å². The Morgan fingerprint density at radius 2 is 2.27 bits per heavy atom. The molecule has 0 aromatic carbocycles. The topological polar surface area (TPSA) is 55.1 Å². The minimum absolute atomic E-state index is 0.0550. The molecule has 1 atom stereocenters. The molecular formula is C7H15IN2O. The van der Waals surface area contributed by atoms with Crippen LogP contribution in [0.3, 0.4) is 0 Å². The molecule has 3 nitrogen and oxygen atoms in total. The van der Waals surface area contributed by atoms with Crippen molar-refractivity contribution in [3.8, 4) is 0 Å². The third-order valence-electron chi connectivity index (χ3n) is 1.60. The van der Waals surface area contributed by atoms with Gasteiger partial charge in [0.15, 0.2) is 0 Å². The molecule has 0 heterocycles. The van der Waals surface area contributed by atoms with Crippen molar-refractivity contribution in [3.63, 3.8) is 0 Å². The second-order valence-corrected chi connectivity index (χ2v) is 3.55. The molecule has 11 heavy (non-hydrogen) atoms. The zero-order valence-corrected chi connectivity index (χ0v) is 8.93. The first-order valence-corrected chi connectivity index (χ1v) is 5.24. The molecule has 0 aliphatic heterocycles. The fraction of sp³-hybridized carbons (Fsp3) is 0.857. The van der Waals surface area contributed by atoms with Crippen molar-refractivity contribution in [2.24, 2.45) is 11.7 Å². The van der Waals surface area contributed by atoms with E-state index in [9.17, 15) is 4.79 Å². The monoisotopic (exact) mass is 270 g/mol. The summed E-state index contributed by atoms with van der Waals surface area (Å²) in [5.74, 6) is -0.115. The predicted octanol–water partition coefficient (Wildman–Crippen LogP) is 0.523. The third kappa shape index (κ3) is 5.43. The second-order valence-electron chi connectivity index (χ2n) is 2.47. The summed E-state index contributed by atoms with van der Waals surface area (Å²) in [5, 5.41) is 3.00. The van der Waals surface area contributed by atoms with Crippen molar-refractivity contribution in [2.75, 3.05) is 18.0 Å². The second kappa shape index (κ2) is 6.84. The van der Waals surface area contributed by atoms with Crippen molar-refractivity contribution >= 4 is 28.5 Å². The van der Waals surface area contributed by atoms with Crippen LogP contribution in [0.4, 0.5) is 0 Å². The molecule has 0 radical (unpaired) electrons. The Hall–Kier alpha value is 0.160. The van der Waals surface area contributed by atoms with Crippen molar-refractivity contribution in [2.45, 2.75) is 12.8 Å². The zero-order chi connectivity index (χ0) is 8.69. The quantitative estimate of drug-likeness (QED) is 0.546. The molecule has 0 saturated carbocycles. The number of primary amides is 1. The Bertz CT molecular complexity index is 119. The van der Waals surface area contributed by atoms with Crippen molar-refractivity contribution in [3.05, 3.63) is 0 Å². The van der Waals surface area contributed by atoms with Gasteiger partial charge in [-0.2, -0.15) is 0 Å². The average Bonchev–Trinajstić information content (AvgIpc) is 1.97. The molecule has 1 amide bonds. The maximum Gasteiger partial charge on any atom is 0.220 e. The Labute approximate surface area is 81.2 Å². The molecule has 0 aliphatic rings. The summed E-state index contributed by atoms with van der Waals surface area (Å²) in [7, 11) is 1.88. The van der Waals surface area contributed by atoms with Gasteiger partial charge in [0.2, 0.25) is 5.91 Å². The summed E-state index contributed by atoms with van der Waals surface area (Å²) < 4.78 is 0.995. The largest absolute Gasteiger partial charge is 0.369 e. The molecule has 4 heteroatoms. The number of carbonyl (C=O) groups excluding carboxylic acids is 1. The molecule has 0 spiro atoms. The van der Waals surface area contributed by atoms with Gasteiger partial charge in [0.25, 0.3) is 0 Å². The standard InChI is InChI=1S/C7H15IN2O/c1-10-5-3-6(2-4-8)7(9)11/h6,10H,2-5H2,1H3,(H2,9,11). The van der Waals surface area contributed by atoms with Gasteiger partial charge in [-0.25, -0.2) is 0 Å². The van der Waals surface area contributed by atoms with Crippen LogP contribution in [0, 0.1) is 5.92 Å². The number of nitrogens with one attached hydrogen (secondary N) is 1. The van der Waals surface area contributed by atoms with Gasteiger partial charge in [-0.05, 0) is 26.4 Å². The number of hydrogen-bond donors (Lipinski definition) is 2. The fourth-order valence-corrected chi connectivity index (χ4v) is 1.63. The normalized spacial score (nSPS) is 12.9. The van der Waals surface area contributed by atoms with Gasteiger partial charge in [0.05, 0.1) is 0 Å². The summed E-state index contributed by atoms with van der Waals surface area (Å²) in [6.07, 6.45) is 1.76. The molecule has 0 aromatic heterocycles. The van der Waals surface area contributed by atoms with E-state index in [-0.39, 0.29) is 11.8 Å². The minimum Gasteiger partial charge on any atom is -0.369 e. The Kier molecular flexibility index (Phi) is 6.94. The maximum absolute atomic E-state index is 10.8. The zero-order valence-electron chi connectivity index (χ0n) is 6.77. The summed E-state index contributed by atoms with van der Waals surface area (Å²) in [4.78, 5) is 10.8. The van der Waals surface area contributed by atoms with Crippen molar-refractivity contribution < 1.29 is 4.79 Å². The first-order chi connectivity index (χ1) is 5.22. The van der Waals surface area contributed by atoms with E-state index in [1.54, 1.807) is 0 Å². The van der Waals surface area contributed by atoms with Crippen LogP contribution in [0.1, 0.15) is 12.8 Å². The molecule has 3 N–H and O–H groups in total. The van der Waals surface area contributed by atoms with E-state index in [0.717, 1.165) is 23.8 Å². The number of amides is 1. The smallest absolute Gasteiger partial charge is 0.220 e. The highest BCUT2D eigenvalue weighted by molar-refractivity contribution is 14.1. The Morgan fingerprint density at radius 1 is 1.64 bits per heavy atom. The molecule has 1 unspecified atom stereocenters. The molecular weight excluding hydrogens is 255 g/mol. The molecule has 0 bridgehead atoms. The van der Waals surface area contributed by atoms with E-state index in [1.165, 1.54) is 0 Å². The molecule has 66 valence electrons. The lowest BCUT2D eigenvalue weighted by Gasteiger charge is -2.10. The van der Waals surface area contributed by atoms with E-state index in [4.69, 9.17) is 5.73 Å². The van der Waals surface area contributed by atoms with Gasteiger partial charge in [-0.1, -0.05) is 22.6 Å². The fourth-order valence-electron chi connectivity index (χ4n) is 0.879. The lowest BCUT2D eigenvalue weighted by molar-refractivity contribution is -0.122. The van der Waals surface area contributed by atoms with E-state index >= 15 is 0 Å². The first-order valence-electron chi connectivity index (χ1n) is 3.72. The third-order valence-corrected chi connectivity index (χ3v) is 2.23. The molecule has 0 aromatic rings. The van der Waals surface area contributed by atoms with Gasteiger partial charge < -0.3 is 11.1 Å². The van der Waals surface area contributed by atoms with Gasteiger partial charge in [0, 0.05) is 10.3 Å². The van der Waals surface area contributed by atoms with Crippen LogP contribution in [0.15, 0.2) is 0 Å². The number of alkyl halides is 1. The molecule has 0 rings (SSSR count). The van der Waals surface area contributed by atoms with Crippen LogP contribution in [-0.4, -0.2) is 23.9 Å². The number of rotatable bonds is 6. The molecule has 0 fully saturated rings. The number of halogens is 1. The number of nitrogens with two attached hydrogens (primary N) is 1. The highest BCUT2D eigenvalue weighted by Crippen LogP contribution is 2.08. The first kappa shape index (κ1) is 11.2. The van der Waals surface area contributed by atoms with E-state index in [1.807, 2.05) is 7.05 Å². The van der Waals surface area contributed by atoms with Crippen LogP contribution in [0.25, 0.3) is 0 Å². The maximum atomic E-state index is 10.8. The summed E-state index contributed by atoms with van der Waals surface area (Å²) >= 11 is 2.26. The van der Waals surface area contributed by atoms with Gasteiger partial charge in [-0.15, -0.1) is 0 Å². The molecule has 0 aliphatic carbocycles. The van der Waals surface area contributed by atoms with E-state index < -0.39 is 0 Å². The van der Waals surface area contributed by atoms with Crippen molar-refractivity contribution in [1.29, 1.82) is 0 Å². The Balaban J connectivity index is 3.60. The molecule has 0 saturated heterocycles. The van der Waals surface area contributed by atoms with Gasteiger partial charge >= 0.3 is 0 Å².